The second-order valence-electron chi connectivity index (χ2n) is 4.42. The van der Waals surface area contributed by atoms with Crippen molar-refractivity contribution in [3.05, 3.63) is 35.4 Å². The zero-order valence-electron chi connectivity index (χ0n) is 9.21. The van der Waals surface area contributed by atoms with Gasteiger partial charge in [-0.15, -0.1) is 0 Å². The molecule has 0 aliphatic carbocycles. The van der Waals surface area contributed by atoms with Gasteiger partial charge in [0.15, 0.2) is 0 Å². The number of hydrogen-bond donors (Lipinski definition) is 1. The molecule has 2 fully saturated rings. The van der Waals surface area contributed by atoms with Crippen molar-refractivity contribution in [2.75, 3.05) is 19.9 Å². The van der Waals surface area contributed by atoms with Crippen molar-refractivity contribution < 1.29 is 18.3 Å². The van der Waals surface area contributed by atoms with E-state index in [4.69, 9.17) is 9.47 Å². The Morgan fingerprint density at radius 1 is 1.24 bits per heavy atom. The van der Waals surface area contributed by atoms with Crippen molar-refractivity contribution in [1.82, 2.24) is 5.32 Å². The first kappa shape index (κ1) is 11.1. The lowest BCUT2D eigenvalue weighted by molar-refractivity contribution is -0.0271. The molecule has 2 saturated heterocycles. The van der Waals surface area contributed by atoms with E-state index in [1.807, 2.05) is 0 Å². The van der Waals surface area contributed by atoms with E-state index in [1.54, 1.807) is 0 Å². The van der Waals surface area contributed by atoms with Crippen LogP contribution in [0.15, 0.2) is 18.2 Å². The maximum atomic E-state index is 13.3. The Labute approximate surface area is 97.7 Å². The summed E-state index contributed by atoms with van der Waals surface area (Å²) in [5, 5.41) is 3.19. The Hall–Kier alpha value is -1.04. The van der Waals surface area contributed by atoms with Crippen LogP contribution in [0.1, 0.15) is 12.0 Å². The minimum absolute atomic E-state index is 0.171. The summed E-state index contributed by atoms with van der Waals surface area (Å²) >= 11 is 0. The lowest BCUT2D eigenvalue weighted by Crippen LogP contribution is -2.50. The molecule has 0 bridgehead atoms. The first-order valence-electron chi connectivity index (χ1n) is 5.63. The molecular weight excluding hydrogens is 228 g/mol. The van der Waals surface area contributed by atoms with Gasteiger partial charge in [0.2, 0.25) is 0 Å². The molecule has 1 aromatic carbocycles. The zero-order chi connectivity index (χ0) is 11.9. The number of piperidine rings is 1. The summed E-state index contributed by atoms with van der Waals surface area (Å²) < 4.78 is 37.7. The van der Waals surface area contributed by atoms with Crippen LogP contribution in [-0.4, -0.2) is 26.0 Å². The molecule has 0 spiro atoms. The van der Waals surface area contributed by atoms with Crippen molar-refractivity contribution in [2.45, 2.75) is 18.1 Å². The van der Waals surface area contributed by atoms with Gasteiger partial charge >= 0.3 is 0 Å². The predicted molar refractivity (Wildman–Crippen MR) is 56.3 cm³/mol. The fourth-order valence-corrected chi connectivity index (χ4v) is 2.62. The highest BCUT2D eigenvalue weighted by Gasteiger charge is 2.48. The summed E-state index contributed by atoms with van der Waals surface area (Å²) in [5.74, 6) is -1.16. The van der Waals surface area contributed by atoms with E-state index in [2.05, 4.69) is 5.32 Å². The van der Waals surface area contributed by atoms with E-state index in [0.717, 1.165) is 12.6 Å². The molecule has 3 nitrogen and oxygen atoms in total. The van der Waals surface area contributed by atoms with Gasteiger partial charge in [-0.1, -0.05) is 0 Å². The maximum absolute atomic E-state index is 13.3. The molecule has 0 aromatic heterocycles. The third-order valence-corrected chi connectivity index (χ3v) is 3.46. The molecule has 1 N–H and O–H groups in total. The van der Waals surface area contributed by atoms with Gasteiger partial charge in [0.1, 0.15) is 30.1 Å². The summed E-state index contributed by atoms with van der Waals surface area (Å²) in [6, 6.07) is 3.53. The molecule has 1 aromatic rings. The normalized spacial score (nSPS) is 32.5. The Kier molecular flexibility index (Phi) is 2.61. The standard InChI is InChI=1S/C12H13F2NO2/c13-9-3-8(4-10(14)5-9)12-1-2-15-6-11(12)16-7-17-12/h3-5,11,15H,1-2,6-7H2. The van der Waals surface area contributed by atoms with Gasteiger partial charge in [-0.3, -0.25) is 0 Å². The molecule has 2 aliphatic heterocycles. The van der Waals surface area contributed by atoms with Crippen molar-refractivity contribution in [3.63, 3.8) is 0 Å². The average Bonchev–Trinajstić information content (AvgIpc) is 2.72. The molecule has 2 heterocycles. The quantitative estimate of drug-likeness (QED) is 0.808. The summed E-state index contributed by atoms with van der Waals surface area (Å²) in [7, 11) is 0. The highest BCUT2D eigenvalue weighted by molar-refractivity contribution is 5.28. The Morgan fingerprint density at radius 3 is 2.76 bits per heavy atom. The predicted octanol–water partition coefficient (Wildman–Crippen LogP) is 1.53. The molecule has 92 valence electrons. The number of rotatable bonds is 1. The van der Waals surface area contributed by atoms with E-state index in [1.165, 1.54) is 12.1 Å². The average molecular weight is 241 g/mol. The number of fused-ring (bicyclic) bond motifs is 1. The lowest BCUT2D eigenvalue weighted by atomic mass is 9.83. The van der Waals surface area contributed by atoms with Gasteiger partial charge in [-0.25, -0.2) is 8.78 Å². The largest absolute Gasteiger partial charge is 0.347 e. The molecule has 0 saturated carbocycles. The van der Waals surface area contributed by atoms with Crippen LogP contribution in [-0.2, 0) is 15.1 Å². The fraction of sp³-hybridized carbons (Fsp3) is 0.500. The highest BCUT2D eigenvalue weighted by atomic mass is 19.1. The fourth-order valence-electron chi connectivity index (χ4n) is 2.62. The minimum Gasteiger partial charge on any atom is -0.347 e. The Balaban J connectivity index is 2.05. The van der Waals surface area contributed by atoms with Crippen molar-refractivity contribution in [2.24, 2.45) is 0 Å². The van der Waals surface area contributed by atoms with Crippen LogP contribution in [0.2, 0.25) is 0 Å². The Bertz CT molecular complexity index is 420. The number of benzene rings is 1. The third kappa shape index (κ3) is 1.74. The van der Waals surface area contributed by atoms with Gasteiger partial charge < -0.3 is 14.8 Å². The minimum atomic E-state index is -0.700. The summed E-state index contributed by atoms with van der Waals surface area (Å²) in [6.45, 7) is 1.56. The van der Waals surface area contributed by atoms with Gasteiger partial charge in [0, 0.05) is 12.6 Å². The molecular formula is C12H13F2NO2. The number of halogens is 2. The van der Waals surface area contributed by atoms with E-state index in [-0.39, 0.29) is 12.9 Å². The van der Waals surface area contributed by atoms with Crippen LogP contribution in [0, 0.1) is 11.6 Å². The van der Waals surface area contributed by atoms with E-state index in [9.17, 15) is 8.78 Å². The maximum Gasteiger partial charge on any atom is 0.148 e. The monoisotopic (exact) mass is 241 g/mol. The van der Waals surface area contributed by atoms with Crippen molar-refractivity contribution in [3.8, 4) is 0 Å². The first-order chi connectivity index (χ1) is 8.21. The molecule has 5 heteroatoms. The zero-order valence-corrected chi connectivity index (χ0v) is 9.21. The van der Waals surface area contributed by atoms with E-state index >= 15 is 0 Å². The topological polar surface area (TPSA) is 30.5 Å². The summed E-state index contributed by atoms with van der Waals surface area (Å²) in [5.41, 5.74) is -0.173. The van der Waals surface area contributed by atoms with Gasteiger partial charge in [-0.2, -0.15) is 0 Å². The molecule has 17 heavy (non-hydrogen) atoms. The second-order valence-corrected chi connectivity index (χ2v) is 4.42. The van der Waals surface area contributed by atoms with Gasteiger partial charge in [-0.05, 0) is 30.7 Å². The van der Waals surface area contributed by atoms with Crippen molar-refractivity contribution in [1.29, 1.82) is 0 Å². The highest BCUT2D eigenvalue weighted by Crippen LogP contribution is 2.41. The number of ether oxygens (including phenoxy) is 2. The van der Waals surface area contributed by atoms with Crippen molar-refractivity contribution >= 4 is 0 Å². The molecule has 2 atom stereocenters. The van der Waals surface area contributed by atoms with Crippen LogP contribution in [0.3, 0.4) is 0 Å². The molecule has 3 rings (SSSR count). The molecule has 0 radical (unpaired) electrons. The van der Waals surface area contributed by atoms with E-state index in [0.29, 0.717) is 18.5 Å². The second kappa shape index (κ2) is 4.01. The van der Waals surface area contributed by atoms with Crippen LogP contribution in [0.4, 0.5) is 8.78 Å². The number of hydrogen-bond acceptors (Lipinski definition) is 3. The first-order valence-corrected chi connectivity index (χ1v) is 5.63. The smallest absolute Gasteiger partial charge is 0.148 e. The molecule has 2 unspecified atom stereocenters. The molecule has 2 aliphatic rings. The summed E-state index contributed by atoms with van der Waals surface area (Å²) in [6.07, 6.45) is 0.470. The van der Waals surface area contributed by atoms with Crippen LogP contribution in [0.5, 0.6) is 0 Å². The Morgan fingerprint density at radius 2 is 2.00 bits per heavy atom. The molecule has 0 amide bonds. The van der Waals surface area contributed by atoms with Crippen LogP contribution < -0.4 is 5.32 Å². The van der Waals surface area contributed by atoms with Crippen LogP contribution >= 0.6 is 0 Å². The third-order valence-electron chi connectivity index (χ3n) is 3.46. The van der Waals surface area contributed by atoms with Crippen LogP contribution in [0.25, 0.3) is 0 Å². The SMILES string of the molecule is Fc1cc(F)cc(C23CCNCC2OCO3)c1. The number of nitrogens with one attached hydrogen (secondary N) is 1. The van der Waals surface area contributed by atoms with E-state index < -0.39 is 17.2 Å². The van der Waals surface area contributed by atoms with Gasteiger partial charge in [0.25, 0.3) is 0 Å². The lowest BCUT2D eigenvalue weighted by Gasteiger charge is -2.37. The van der Waals surface area contributed by atoms with Gasteiger partial charge in [0.05, 0.1) is 0 Å². The summed E-state index contributed by atoms with van der Waals surface area (Å²) in [4.78, 5) is 0.